The van der Waals surface area contributed by atoms with E-state index in [1.807, 2.05) is 48.5 Å². The monoisotopic (exact) mass is 527 g/mol. The lowest BCUT2D eigenvalue weighted by molar-refractivity contribution is -0.383. The summed E-state index contributed by atoms with van der Waals surface area (Å²) in [6.45, 7) is 0.286. The summed E-state index contributed by atoms with van der Waals surface area (Å²) in [6, 6.07) is 26.9. The van der Waals surface area contributed by atoms with Crippen molar-refractivity contribution < 1.29 is 14.5 Å². The van der Waals surface area contributed by atoms with Crippen molar-refractivity contribution in [2.24, 2.45) is 0 Å². The average molecular weight is 528 g/mol. The number of anilines is 1. The Balaban J connectivity index is 1.61. The molecule has 7 nitrogen and oxygen atoms in total. The predicted molar refractivity (Wildman–Crippen MR) is 138 cm³/mol. The summed E-state index contributed by atoms with van der Waals surface area (Å²) in [5, 5.41) is 25.5. The summed E-state index contributed by atoms with van der Waals surface area (Å²) in [7, 11) is 0. The summed E-state index contributed by atoms with van der Waals surface area (Å²) >= 11 is 3.41. The van der Waals surface area contributed by atoms with E-state index in [-0.39, 0.29) is 23.6 Å². The number of nitrogens with zero attached hydrogens (tertiary/aromatic N) is 2. The molecular weight excluding hydrogens is 510 g/mol. The molecule has 4 aromatic carbocycles. The van der Waals surface area contributed by atoms with E-state index in [1.165, 1.54) is 24.3 Å². The lowest BCUT2D eigenvalue weighted by atomic mass is 10.1. The highest BCUT2D eigenvalue weighted by Gasteiger charge is 2.18. The number of hydrogen-bond acceptors (Lipinski definition) is 5. The molecule has 0 aliphatic heterocycles. The Kier molecular flexibility index (Phi) is 7.19. The fourth-order valence-corrected chi connectivity index (χ4v) is 3.95. The molecule has 0 aliphatic rings. The molecule has 0 unspecified atom stereocenters. The highest BCUT2D eigenvalue weighted by atomic mass is 79.9. The van der Waals surface area contributed by atoms with Crippen molar-refractivity contribution in [3.8, 4) is 11.8 Å². The van der Waals surface area contributed by atoms with Crippen molar-refractivity contribution in [1.82, 2.24) is 0 Å². The van der Waals surface area contributed by atoms with Gasteiger partial charge in [0.15, 0.2) is 0 Å². The Morgan fingerprint density at radius 3 is 2.60 bits per heavy atom. The quantitative estimate of drug-likeness (QED) is 0.125. The number of nitro benzene ring substituents is 1. The first kappa shape index (κ1) is 23.7. The van der Waals surface area contributed by atoms with E-state index in [0.717, 1.165) is 20.8 Å². The number of fused-ring (bicyclic) bond motifs is 1. The van der Waals surface area contributed by atoms with Gasteiger partial charge in [-0.1, -0.05) is 70.5 Å². The topological polar surface area (TPSA) is 105 Å². The summed E-state index contributed by atoms with van der Waals surface area (Å²) < 4.78 is 6.82. The van der Waals surface area contributed by atoms with Crippen molar-refractivity contribution in [1.29, 1.82) is 5.26 Å². The zero-order valence-electron chi connectivity index (χ0n) is 18.3. The van der Waals surface area contributed by atoms with Crippen LogP contribution in [0, 0.1) is 21.4 Å². The molecule has 0 bridgehead atoms. The number of ether oxygens (including phenoxy) is 1. The standard InChI is InChI=1S/C27H18BrN3O4/c28-22-12-13-26(35-17-19-8-5-7-18-6-1-2-9-23(18)19)20(15-22)14-21(16-29)27(32)30-24-10-3-4-11-25(24)31(33)34/h1-15H,17H2,(H,30,32)/b21-14+. The third kappa shape index (κ3) is 5.54. The van der Waals surface area contributed by atoms with Crippen LogP contribution in [0.1, 0.15) is 11.1 Å². The van der Waals surface area contributed by atoms with Crippen LogP contribution in [0.4, 0.5) is 11.4 Å². The largest absolute Gasteiger partial charge is 0.488 e. The maximum atomic E-state index is 12.8. The first-order valence-corrected chi connectivity index (χ1v) is 11.3. The van der Waals surface area contributed by atoms with Gasteiger partial charge in [0.2, 0.25) is 0 Å². The van der Waals surface area contributed by atoms with Crippen molar-refractivity contribution in [2.45, 2.75) is 6.61 Å². The van der Waals surface area contributed by atoms with E-state index >= 15 is 0 Å². The van der Waals surface area contributed by atoms with Gasteiger partial charge in [-0.3, -0.25) is 14.9 Å². The van der Waals surface area contributed by atoms with Crippen molar-refractivity contribution in [3.63, 3.8) is 0 Å². The van der Waals surface area contributed by atoms with Crippen LogP contribution in [0.5, 0.6) is 5.75 Å². The number of halogens is 1. The van der Waals surface area contributed by atoms with Crippen LogP contribution in [0.25, 0.3) is 16.8 Å². The molecular formula is C27H18BrN3O4. The minimum absolute atomic E-state index is 0.00493. The van der Waals surface area contributed by atoms with E-state index in [1.54, 1.807) is 24.3 Å². The van der Waals surface area contributed by atoms with Gasteiger partial charge in [-0.05, 0) is 46.7 Å². The number of para-hydroxylation sites is 2. The molecule has 0 fully saturated rings. The molecule has 4 rings (SSSR count). The number of benzene rings is 4. The van der Waals surface area contributed by atoms with Gasteiger partial charge in [-0.2, -0.15) is 5.26 Å². The molecule has 8 heteroatoms. The van der Waals surface area contributed by atoms with E-state index in [9.17, 15) is 20.2 Å². The maximum Gasteiger partial charge on any atom is 0.292 e. The number of carbonyl (C=O) groups excluding carboxylic acids is 1. The fraction of sp³-hybridized carbons (Fsp3) is 0.0370. The Morgan fingerprint density at radius 1 is 1.06 bits per heavy atom. The van der Waals surface area contributed by atoms with E-state index in [4.69, 9.17) is 4.74 Å². The smallest absolute Gasteiger partial charge is 0.292 e. The number of rotatable bonds is 7. The van der Waals surface area contributed by atoms with Gasteiger partial charge in [0, 0.05) is 16.1 Å². The predicted octanol–water partition coefficient (Wildman–Crippen LogP) is 6.64. The Morgan fingerprint density at radius 2 is 1.80 bits per heavy atom. The van der Waals surface area contributed by atoms with Crippen LogP contribution in [0.3, 0.4) is 0 Å². The third-order valence-electron chi connectivity index (χ3n) is 5.25. The number of carbonyl (C=O) groups is 1. The van der Waals surface area contributed by atoms with E-state index in [2.05, 4.69) is 21.2 Å². The molecule has 1 N–H and O–H groups in total. The molecule has 0 aromatic heterocycles. The second kappa shape index (κ2) is 10.6. The molecule has 35 heavy (non-hydrogen) atoms. The fourth-order valence-electron chi connectivity index (χ4n) is 3.57. The molecule has 172 valence electrons. The van der Waals surface area contributed by atoms with Crippen LogP contribution in [0.15, 0.2) is 95.0 Å². The van der Waals surface area contributed by atoms with Crippen LogP contribution < -0.4 is 10.1 Å². The second-order valence-corrected chi connectivity index (χ2v) is 8.42. The third-order valence-corrected chi connectivity index (χ3v) is 5.74. The van der Waals surface area contributed by atoms with Crippen LogP contribution in [0.2, 0.25) is 0 Å². The SMILES string of the molecule is N#C/C(=C\c1cc(Br)ccc1OCc1cccc2ccccc12)C(=O)Nc1ccccc1[N+](=O)[O-]. The zero-order chi connectivity index (χ0) is 24.8. The normalized spacial score (nSPS) is 11.0. The minimum atomic E-state index is -0.762. The number of amides is 1. The number of nitro groups is 1. The van der Waals surface area contributed by atoms with Crippen LogP contribution >= 0.6 is 15.9 Å². The molecule has 0 radical (unpaired) electrons. The van der Waals surface area contributed by atoms with Crippen molar-refractivity contribution in [3.05, 3.63) is 116 Å². The van der Waals surface area contributed by atoms with Crippen molar-refractivity contribution >= 4 is 50.1 Å². The lowest BCUT2D eigenvalue weighted by Crippen LogP contribution is -2.14. The molecule has 0 atom stereocenters. The van der Waals surface area contributed by atoms with Crippen LogP contribution in [-0.4, -0.2) is 10.8 Å². The molecule has 0 heterocycles. The first-order chi connectivity index (χ1) is 17.0. The number of nitrogens with one attached hydrogen (secondary N) is 1. The van der Waals surface area contributed by atoms with E-state index in [0.29, 0.717) is 11.3 Å². The summed E-state index contributed by atoms with van der Waals surface area (Å²) in [4.78, 5) is 23.4. The highest BCUT2D eigenvalue weighted by molar-refractivity contribution is 9.10. The van der Waals surface area contributed by atoms with Crippen LogP contribution in [-0.2, 0) is 11.4 Å². The molecule has 0 saturated heterocycles. The van der Waals surface area contributed by atoms with E-state index < -0.39 is 10.8 Å². The Bertz CT molecular complexity index is 1500. The first-order valence-electron chi connectivity index (χ1n) is 10.5. The van der Waals surface area contributed by atoms with Gasteiger partial charge in [-0.25, -0.2) is 0 Å². The molecule has 1 amide bonds. The molecule has 0 spiro atoms. The number of hydrogen-bond donors (Lipinski definition) is 1. The second-order valence-electron chi connectivity index (χ2n) is 7.51. The Hall–Kier alpha value is -4.48. The minimum Gasteiger partial charge on any atom is -0.488 e. The summed E-state index contributed by atoms with van der Waals surface area (Å²) in [6.07, 6.45) is 1.40. The molecule has 0 aliphatic carbocycles. The van der Waals surface area contributed by atoms with Gasteiger partial charge in [-0.15, -0.1) is 0 Å². The van der Waals surface area contributed by atoms with Gasteiger partial charge in [0.25, 0.3) is 11.6 Å². The molecule has 0 saturated carbocycles. The van der Waals surface area contributed by atoms with Gasteiger partial charge >= 0.3 is 0 Å². The Labute approximate surface area is 209 Å². The summed E-state index contributed by atoms with van der Waals surface area (Å²) in [5.74, 6) is -0.283. The highest BCUT2D eigenvalue weighted by Crippen LogP contribution is 2.29. The zero-order valence-corrected chi connectivity index (χ0v) is 19.9. The maximum absolute atomic E-state index is 12.8. The average Bonchev–Trinajstić information content (AvgIpc) is 2.86. The lowest BCUT2D eigenvalue weighted by Gasteiger charge is -2.12. The van der Waals surface area contributed by atoms with Crippen molar-refractivity contribution in [2.75, 3.05) is 5.32 Å². The van der Waals surface area contributed by atoms with Gasteiger partial charge < -0.3 is 10.1 Å². The number of nitriles is 1. The van der Waals surface area contributed by atoms with Gasteiger partial charge in [0.1, 0.15) is 29.7 Å². The molecule has 4 aromatic rings. The van der Waals surface area contributed by atoms with Gasteiger partial charge in [0.05, 0.1) is 4.92 Å². The summed E-state index contributed by atoms with van der Waals surface area (Å²) in [5.41, 5.74) is 1.02.